The molecule has 0 unspecified atom stereocenters. The monoisotopic (exact) mass is 395 g/mol. The van der Waals surface area contributed by atoms with Gasteiger partial charge in [0.25, 0.3) is 5.91 Å². The fourth-order valence-electron chi connectivity index (χ4n) is 2.37. The number of amides is 1. The number of hydrogen-bond donors (Lipinski definition) is 1. The maximum Gasteiger partial charge on any atom is 0.262 e. The average Bonchev–Trinajstić information content (AvgIpc) is 3.16. The summed E-state index contributed by atoms with van der Waals surface area (Å²) in [6.45, 7) is -0.0920. The zero-order valence-corrected chi connectivity index (χ0v) is 16.0. The van der Waals surface area contributed by atoms with Crippen molar-refractivity contribution in [3.8, 4) is 11.5 Å². The SMILES string of the molecule is COc1cc(C2SCCS2)ccc1OCC(=O)Nc1ccc(Cl)cc1. The molecule has 132 valence electrons. The number of rotatable bonds is 6. The molecule has 1 amide bonds. The summed E-state index contributed by atoms with van der Waals surface area (Å²) in [5.41, 5.74) is 1.89. The van der Waals surface area contributed by atoms with Crippen LogP contribution in [0.3, 0.4) is 0 Å². The molecule has 1 N–H and O–H groups in total. The molecule has 7 heteroatoms. The Kier molecular flexibility index (Phi) is 6.39. The third-order valence-electron chi connectivity index (χ3n) is 3.57. The van der Waals surface area contributed by atoms with Gasteiger partial charge in [0, 0.05) is 22.2 Å². The van der Waals surface area contributed by atoms with Gasteiger partial charge in [-0.1, -0.05) is 17.7 Å². The molecule has 2 aromatic rings. The number of benzene rings is 2. The van der Waals surface area contributed by atoms with Crippen LogP contribution in [-0.4, -0.2) is 31.1 Å². The summed E-state index contributed by atoms with van der Waals surface area (Å²) in [5, 5.41) is 3.39. The smallest absolute Gasteiger partial charge is 0.262 e. The zero-order chi connectivity index (χ0) is 17.6. The number of thioether (sulfide) groups is 2. The molecule has 0 saturated carbocycles. The van der Waals surface area contributed by atoms with Crippen molar-refractivity contribution in [1.82, 2.24) is 0 Å². The first kappa shape index (κ1) is 18.3. The Morgan fingerprint density at radius 2 is 1.88 bits per heavy atom. The third-order valence-corrected chi connectivity index (χ3v) is 6.92. The van der Waals surface area contributed by atoms with Crippen molar-refractivity contribution in [2.45, 2.75) is 4.58 Å². The minimum Gasteiger partial charge on any atom is -0.493 e. The normalized spacial score (nSPS) is 14.3. The van der Waals surface area contributed by atoms with Gasteiger partial charge in [0.1, 0.15) is 0 Å². The van der Waals surface area contributed by atoms with Crippen molar-refractivity contribution in [1.29, 1.82) is 0 Å². The standard InChI is InChI=1S/C18H18ClNO3S2/c1-22-16-10-12(18-24-8-9-25-18)2-7-15(16)23-11-17(21)20-14-5-3-13(19)4-6-14/h2-7,10,18H,8-9,11H2,1H3,(H,20,21). The van der Waals surface area contributed by atoms with E-state index >= 15 is 0 Å². The van der Waals surface area contributed by atoms with Gasteiger partial charge >= 0.3 is 0 Å². The van der Waals surface area contributed by atoms with Crippen LogP contribution in [0.5, 0.6) is 11.5 Å². The number of carbonyl (C=O) groups excluding carboxylic acids is 1. The predicted molar refractivity (Wildman–Crippen MR) is 106 cm³/mol. The molecule has 1 aliphatic rings. The molecule has 0 spiro atoms. The third kappa shape index (κ3) is 5.00. The van der Waals surface area contributed by atoms with Gasteiger partial charge in [-0.05, 0) is 42.0 Å². The number of nitrogens with one attached hydrogen (secondary N) is 1. The Morgan fingerprint density at radius 1 is 1.16 bits per heavy atom. The highest BCUT2D eigenvalue weighted by atomic mass is 35.5. The van der Waals surface area contributed by atoms with Crippen LogP contribution in [0.4, 0.5) is 5.69 Å². The maximum absolute atomic E-state index is 12.0. The fourth-order valence-corrected chi connectivity index (χ4v) is 5.34. The van der Waals surface area contributed by atoms with Gasteiger partial charge in [0.2, 0.25) is 0 Å². The Morgan fingerprint density at radius 3 is 2.56 bits per heavy atom. The first-order valence-electron chi connectivity index (χ1n) is 7.75. The van der Waals surface area contributed by atoms with Gasteiger partial charge in [-0.15, -0.1) is 23.5 Å². The molecular formula is C18H18ClNO3S2. The van der Waals surface area contributed by atoms with E-state index in [-0.39, 0.29) is 12.5 Å². The summed E-state index contributed by atoms with van der Waals surface area (Å²) >= 11 is 9.70. The highest BCUT2D eigenvalue weighted by Gasteiger charge is 2.20. The Balaban J connectivity index is 1.59. The second-order valence-corrected chi connectivity index (χ2v) is 8.49. The molecule has 0 aromatic heterocycles. The van der Waals surface area contributed by atoms with Crippen LogP contribution in [0.25, 0.3) is 0 Å². The molecule has 0 bridgehead atoms. The van der Waals surface area contributed by atoms with Crippen molar-refractivity contribution in [2.75, 3.05) is 30.5 Å². The van der Waals surface area contributed by atoms with Gasteiger partial charge in [-0.3, -0.25) is 4.79 Å². The first-order valence-corrected chi connectivity index (χ1v) is 10.2. The molecule has 1 saturated heterocycles. The van der Waals surface area contributed by atoms with Crippen LogP contribution >= 0.6 is 35.1 Å². The second kappa shape index (κ2) is 8.74. The highest BCUT2D eigenvalue weighted by molar-refractivity contribution is 8.19. The lowest BCUT2D eigenvalue weighted by atomic mass is 10.2. The topological polar surface area (TPSA) is 47.6 Å². The second-order valence-electron chi connectivity index (χ2n) is 5.33. The van der Waals surface area contributed by atoms with Crippen molar-refractivity contribution >= 4 is 46.7 Å². The molecule has 0 atom stereocenters. The van der Waals surface area contributed by atoms with Crippen LogP contribution in [0.2, 0.25) is 5.02 Å². The Labute approximate surface area is 160 Å². The quantitative estimate of drug-likeness (QED) is 0.757. The van der Waals surface area contributed by atoms with E-state index in [1.165, 1.54) is 17.1 Å². The summed E-state index contributed by atoms with van der Waals surface area (Å²) in [6, 6.07) is 12.8. The van der Waals surface area contributed by atoms with E-state index in [2.05, 4.69) is 5.32 Å². The Bertz CT molecular complexity index is 734. The highest BCUT2D eigenvalue weighted by Crippen LogP contribution is 2.46. The minimum atomic E-state index is -0.240. The van der Waals surface area contributed by atoms with E-state index in [4.69, 9.17) is 21.1 Å². The maximum atomic E-state index is 12.0. The molecule has 1 fully saturated rings. The molecule has 4 nitrogen and oxygen atoms in total. The summed E-state index contributed by atoms with van der Waals surface area (Å²) in [5.74, 6) is 3.30. The molecule has 3 rings (SSSR count). The van der Waals surface area contributed by atoms with E-state index < -0.39 is 0 Å². The van der Waals surface area contributed by atoms with E-state index in [1.807, 2.05) is 41.7 Å². The summed E-state index contributed by atoms with van der Waals surface area (Å²) in [4.78, 5) is 12.0. The van der Waals surface area contributed by atoms with Crippen LogP contribution in [-0.2, 0) is 4.79 Å². The summed E-state index contributed by atoms with van der Waals surface area (Å²) in [6.07, 6.45) is 0. The van der Waals surface area contributed by atoms with E-state index in [1.54, 1.807) is 31.4 Å². The number of anilines is 1. The first-order chi connectivity index (χ1) is 12.2. The predicted octanol–water partition coefficient (Wildman–Crippen LogP) is 4.84. The molecule has 1 heterocycles. The molecule has 25 heavy (non-hydrogen) atoms. The van der Waals surface area contributed by atoms with Crippen LogP contribution < -0.4 is 14.8 Å². The average molecular weight is 396 g/mol. The molecule has 1 aliphatic heterocycles. The van der Waals surface area contributed by atoms with E-state index in [0.717, 1.165) is 0 Å². The molecule has 0 radical (unpaired) electrons. The van der Waals surface area contributed by atoms with Gasteiger partial charge in [-0.25, -0.2) is 0 Å². The lowest BCUT2D eigenvalue weighted by molar-refractivity contribution is -0.118. The van der Waals surface area contributed by atoms with Gasteiger partial charge in [0.15, 0.2) is 18.1 Å². The molecule has 2 aromatic carbocycles. The fraction of sp³-hybridized carbons (Fsp3) is 0.278. The van der Waals surface area contributed by atoms with Gasteiger partial charge in [-0.2, -0.15) is 0 Å². The van der Waals surface area contributed by atoms with E-state index in [0.29, 0.717) is 26.8 Å². The number of hydrogen-bond acceptors (Lipinski definition) is 5. The summed E-state index contributed by atoms with van der Waals surface area (Å²) < 4.78 is 11.5. The number of ether oxygens (including phenoxy) is 2. The van der Waals surface area contributed by atoms with Crippen LogP contribution in [0, 0.1) is 0 Å². The zero-order valence-electron chi connectivity index (χ0n) is 13.7. The van der Waals surface area contributed by atoms with E-state index in [9.17, 15) is 4.79 Å². The number of halogens is 1. The molecular weight excluding hydrogens is 378 g/mol. The minimum absolute atomic E-state index is 0.0920. The van der Waals surface area contributed by atoms with Crippen LogP contribution in [0.15, 0.2) is 42.5 Å². The van der Waals surface area contributed by atoms with Crippen molar-refractivity contribution in [3.05, 3.63) is 53.1 Å². The van der Waals surface area contributed by atoms with Crippen molar-refractivity contribution < 1.29 is 14.3 Å². The van der Waals surface area contributed by atoms with Crippen LogP contribution in [0.1, 0.15) is 10.1 Å². The van der Waals surface area contributed by atoms with Gasteiger partial charge < -0.3 is 14.8 Å². The van der Waals surface area contributed by atoms with Gasteiger partial charge in [0.05, 0.1) is 11.7 Å². The number of methoxy groups -OCH3 is 1. The Hall–Kier alpha value is -1.50. The summed E-state index contributed by atoms with van der Waals surface area (Å²) in [7, 11) is 1.61. The van der Waals surface area contributed by atoms with Crippen molar-refractivity contribution in [2.24, 2.45) is 0 Å². The lowest BCUT2D eigenvalue weighted by Gasteiger charge is -2.14. The lowest BCUT2D eigenvalue weighted by Crippen LogP contribution is -2.20. The molecule has 0 aliphatic carbocycles. The number of carbonyl (C=O) groups is 1. The van der Waals surface area contributed by atoms with Crippen molar-refractivity contribution in [3.63, 3.8) is 0 Å². The largest absolute Gasteiger partial charge is 0.493 e.